The maximum Gasteiger partial charge on any atom is 0.417 e. The molecule has 0 saturated heterocycles. The summed E-state index contributed by atoms with van der Waals surface area (Å²) in [6, 6.07) is 17.1. The van der Waals surface area contributed by atoms with E-state index < -0.39 is 11.7 Å². The molecule has 0 atom stereocenters. The van der Waals surface area contributed by atoms with Crippen LogP contribution in [0.25, 0.3) is 28.0 Å². The van der Waals surface area contributed by atoms with Gasteiger partial charge in [0.15, 0.2) is 5.65 Å². The number of hydrogen-bond donors (Lipinski definition) is 0. The van der Waals surface area contributed by atoms with Crippen molar-refractivity contribution in [1.82, 2.24) is 14.8 Å². The van der Waals surface area contributed by atoms with Crippen molar-refractivity contribution in [3.63, 3.8) is 0 Å². The van der Waals surface area contributed by atoms with Crippen LogP contribution in [0.5, 0.6) is 0 Å². The van der Waals surface area contributed by atoms with Gasteiger partial charge in [-0.1, -0.05) is 46.3 Å². The standard InChI is InChI=1S/C20H13BrF3N3.ClH/c1-12-18-16(20(22,23)24)11-17(13-5-3-2-4-6-13)25-19(18)27(26-12)15-9-7-14(21)8-10-15;/h2-11H,1H3;1H. The molecule has 8 heteroatoms. The Hall–Kier alpha value is -2.38. The molecule has 3 nitrogen and oxygen atoms in total. The zero-order valence-corrected chi connectivity index (χ0v) is 16.9. The molecule has 0 spiro atoms. The molecule has 0 fully saturated rings. The largest absolute Gasteiger partial charge is 0.417 e. The molecule has 0 radical (unpaired) electrons. The van der Waals surface area contributed by atoms with Gasteiger partial charge in [-0.25, -0.2) is 9.67 Å². The van der Waals surface area contributed by atoms with Crippen molar-refractivity contribution in [3.05, 3.63) is 76.4 Å². The molecule has 144 valence electrons. The van der Waals surface area contributed by atoms with E-state index in [9.17, 15) is 13.2 Å². The smallest absolute Gasteiger partial charge is 0.228 e. The van der Waals surface area contributed by atoms with Crippen molar-refractivity contribution in [2.75, 3.05) is 0 Å². The number of aryl methyl sites for hydroxylation is 1. The van der Waals surface area contributed by atoms with E-state index in [1.807, 2.05) is 18.2 Å². The summed E-state index contributed by atoms with van der Waals surface area (Å²) < 4.78 is 43.7. The summed E-state index contributed by atoms with van der Waals surface area (Å²) >= 11 is 3.36. The molecule has 0 aliphatic heterocycles. The number of pyridine rings is 1. The zero-order chi connectivity index (χ0) is 19.2. The van der Waals surface area contributed by atoms with Crippen LogP contribution in [0.2, 0.25) is 0 Å². The van der Waals surface area contributed by atoms with E-state index in [4.69, 9.17) is 0 Å². The topological polar surface area (TPSA) is 30.7 Å². The van der Waals surface area contributed by atoms with Crippen LogP contribution in [0, 0.1) is 6.92 Å². The molecule has 0 aliphatic carbocycles. The summed E-state index contributed by atoms with van der Waals surface area (Å²) in [4.78, 5) is 4.53. The van der Waals surface area contributed by atoms with Crippen molar-refractivity contribution in [3.8, 4) is 16.9 Å². The van der Waals surface area contributed by atoms with Gasteiger partial charge in [0.25, 0.3) is 0 Å². The van der Waals surface area contributed by atoms with Gasteiger partial charge in [0.1, 0.15) is 0 Å². The monoisotopic (exact) mass is 467 g/mol. The minimum atomic E-state index is -4.51. The normalized spacial score (nSPS) is 11.5. The van der Waals surface area contributed by atoms with Crippen molar-refractivity contribution in [2.24, 2.45) is 0 Å². The van der Waals surface area contributed by atoms with Gasteiger partial charge in [-0.2, -0.15) is 18.3 Å². The first-order chi connectivity index (χ1) is 12.8. The minimum absolute atomic E-state index is 0. The summed E-state index contributed by atoms with van der Waals surface area (Å²) in [5.74, 6) is 0. The molecule has 2 aromatic heterocycles. The molecule has 0 amide bonds. The molecule has 4 aromatic rings. The third kappa shape index (κ3) is 3.64. The van der Waals surface area contributed by atoms with Crippen LogP contribution in [0.15, 0.2) is 65.1 Å². The van der Waals surface area contributed by atoms with Gasteiger partial charge in [0.2, 0.25) is 0 Å². The van der Waals surface area contributed by atoms with Gasteiger partial charge in [-0.3, -0.25) is 0 Å². The molecule has 0 N–H and O–H groups in total. The maximum absolute atomic E-state index is 13.8. The zero-order valence-electron chi connectivity index (χ0n) is 14.5. The van der Waals surface area contributed by atoms with E-state index in [1.165, 1.54) is 4.68 Å². The number of aromatic nitrogens is 3. The van der Waals surface area contributed by atoms with Gasteiger partial charge >= 0.3 is 6.18 Å². The number of halogens is 5. The molecule has 0 unspecified atom stereocenters. The van der Waals surface area contributed by atoms with Gasteiger partial charge in [0.05, 0.1) is 28.0 Å². The fourth-order valence-electron chi connectivity index (χ4n) is 3.03. The van der Waals surface area contributed by atoms with Crippen LogP contribution < -0.4 is 0 Å². The van der Waals surface area contributed by atoms with E-state index in [1.54, 1.807) is 43.3 Å². The predicted octanol–water partition coefficient (Wildman–Crippen LogP) is 6.60. The van der Waals surface area contributed by atoms with Crippen molar-refractivity contribution in [1.29, 1.82) is 0 Å². The Bertz CT molecular complexity index is 1120. The first kappa shape index (κ1) is 20.4. The van der Waals surface area contributed by atoms with Crippen LogP contribution in [0.4, 0.5) is 13.2 Å². The quantitative estimate of drug-likeness (QED) is 0.332. The van der Waals surface area contributed by atoms with E-state index >= 15 is 0 Å². The average Bonchev–Trinajstić information content (AvgIpc) is 2.98. The Morgan fingerprint density at radius 2 is 1.61 bits per heavy atom. The summed E-state index contributed by atoms with van der Waals surface area (Å²) in [5.41, 5.74) is 1.25. The maximum atomic E-state index is 13.8. The SMILES string of the molecule is Cc1nn(-c2ccc(Br)cc2)c2nc(-c3ccccc3)cc(C(F)(F)F)c12.Cl. The molecule has 2 aromatic carbocycles. The third-order valence-corrected chi connectivity index (χ3v) is 4.79. The number of fused-ring (bicyclic) bond motifs is 1. The number of rotatable bonds is 2. The average molecular weight is 469 g/mol. The lowest BCUT2D eigenvalue weighted by Gasteiger charge is -2.12. The Balaban J connectivity index is 0.00000225. The first-order valence-electron chi connectivity index (χ1n) is 8.13. The summed E-state index contributed by atoms with van der Waals surface area (Å²) in [5, 5.41) is 4.36. The summed E-state index contributed by atoms with van der Waals surface area (Å²) in [6.07, 6.45) is -4.51. The Labute approximate surface area is 173 Å². The molecule has 0 saturated carbocycles. The minimum Gasteiger partial charge on any atom is -0.228 e. The van der Waals surface area contributed by atoms with Gasteiger partial charge in [0, 0.05) is 10.0 Å². The predicted molar refractivity (Wildman–Crippen MR) is 109 cm³/mol. The lowest BCUT2D eigenvalue weighted by molar-refractivity contribution is -0.136. The van der Waals surface area contributed by atoms with Crippen LogP contribution in [-0.2, 0) is 6.18 Å². The van der Waals surface area contributed by atoms with Crippen LogP contribution in [-0.4, -0.2) is 14.8 Å². The number of hydrogen-bond acceptors (Lipinski definition) is 2. The highest BCUT2D eigenvalue weighted by atomic mass is 79.9. The second kappa shape index (κ2) is 7.56. The van der Waals surface area contributed by atoms with E-state index in [2.05, 4.69) is 26.0 Å². The van der Waals surface area contributed by atoms with Gasteiger partial charge < -0.3 is 0 Å². The fourth-order valence-corrected chi connectivity index (χ4v) is 3.30. The molecule has 2 heterocycles. The fraction of sp³-hybridized carbons (Fsp3) is 0.100. The van der Waals surface area contributed by atoms with Crippen LogP contribution in [0.1, 0.15) is 11.3 Å². The van der Waals surface area contributed by atoms with Gasteiger partial charge in [-0.15, -0.1) is 12.4 Å². The summed E-state index contributed by atoms with van der Waals surface area (Å²) in [7, 11) is 0. The van der Waals surface area contributed by atoms with Crippen LogP contribution in [0.3, 0.4) is 0 Å². The van der Waals surface area contributed by atoms with Crippen LogP contribution >= 0.6 is 28.3 Å². The third-order valence-electron chi connectivity index (χ3n) is 4.26. The summed E-state index contributed by atoms with van der Waals surface area (Å²) in [6.45, 7) is 1.57. The molecular formula is C20H14BrClF3N3. The highest BCUT2D eigenvalue weighted by molar-refractivity contribution is 9.10. The van der Waals surface area contributed by atoms with E-state index in [0.717, 1.165) is 10.5 Å². The van der Waals surface area contributed by atoms with E-state index in [-0.39, 0.29) is 34.8 Å². The number of alkyl halides is 3. The molecule has 28 heavy (non-hydrogen) atoms. The second-order valence-corrected chi connectivity index (χ2v) is 7.01. The Morgan fingerprint density at radius 3 is 2.21 bits per heavy atom. The highest BCUT2D eigenvalue weighted by Gasteiger charge is 2.35. The Morgan fingerprint density at radius 1 is 0.964 bits per heavy atom. The molecule has 4 rings (SSSR count). The van der Waals surface area contributed by atoms with E-state index in [0.29, 0.717) is 11.3 Å². The first-order valence-corrected chi connectivity index (χ1v) is 8.93. The van der Waals surface area contributed by atoms with Gasteiger partial charge in [-0.05, 0) is 37.3 Å². The molecule has 0 bridgehead atoms. The number of nitrogens with zero attached hydrogens (tertiary/aromatic N) is 3. The lowest BCUT2D eigenvalue weighted by Crippen LogP contribution is -2.08. The van der Waals surface area contributed by atoms with Crippen molar-refractivity contribution < 1.29 is 13.2 Å². The van der Waals surface area contributed by atoms with Crippen molar-refractivity contribution >= 4 is 39.4 Å². The second-order valence-electron chi connectivity index (χ2n) is 6.09. The van der Waals surface area contributed by atoms with Crippen molar-refractivity contribution in [2.45, 2.75) is 13.1 Å². The lowest BCUT2D eigenvalue weighted by atomic mass is 10.1. The highest BCUT2D eigenvalue weighted by Crippen LogP contribution is 2.38. The molecular weight excluding hydrogens is 455 g/mol. The Kier molecular flexibility index (Phi) is 5.50. The molecule has 0 aliphatic rings. The number of benzene rings is 2.